The Morgan fingerprint density at radius 3 is 2.75 bits per heavy atom. The van der Waals surface area contributed by atoms with Crippen molar-refractivity contribution >= 4 is 0 Å². The Labute approximate surface area is 122 Å². The summed E-state index contributed by atoms with van der Waals surface area (Å²) in [5.74, 6) is 7.39. The first-order chi connectivity index (χ1) is 9.72. The van der Waals surface area contributed by atoms with Gasteiger partial charge in [0.25, 0.3) is 0 Å². The van der Waals surface area contributed by atoms with Crippen molar-refractivity contribution in [1.82, 2.24) is 5.32 Å². The highest BCUT2D eigenvalue weighted by Crippen LogP contribution is 2.30. The molecule has 1 aromatic rings. The van der Waals surface area contributed by atoms with Gasteiger partial charge in [-0.15, -0.1) is 11.8 Å². The summed E-state index contributed by atoms with van der Waals surface area (Å²) in [4.78, 5) is 0. The summed E-state index contributed by atoms with van der Waals surface area (Å²) in [6.07, 6.45) is 1.86. The molecule has 0 aliphatic heterocycles. The van der Waals surface area contributed by atoms with Crippen molar-refractivity contribution in [1.29, 1.82) is 0 Å². The van der Waals surface area contributed by atoms with Crippen molar-refractivity contribution in [2.24, 2.45) is 0 Å². The molecule has 1 rings (SSSR count). The standard InChI is InChI=1S/C17H25NO2/c1-5-7-8-12-20-16-10-9-15(13-17(16)19-4)14(3)18-11-6-2/h9-10,13-14,18H,6,8,11-12H2,1-4H3. The van der Waals surface area contributed by atoms with Crippen LogP contribution in [0.15, 0.2) is 18.2 Å². The van der Waals surface area contributed by atoms with Gasteiger partial charge in [-0.05, 0) is 44.5 Å². The van der Waals surface area contributed by atoms with Crippen molar-refractivity contribution in [3.8, 4) is 23.3 Å². The molecule has 1 atom stereocenters. The van der Waals surface area contributed by atoms with Crippen LogP contribution >= 0.6 is 0 Å². The van der Waals surface area contributed by atoms with Crippen LogP contribution in [0.4, 0.5) is 0 Å². The molecule has 0 heterocycles. The molecular weight excluding hydrogens is 250 g/mol. The number of methoxy groups -OCH3 is 1. The van der Waals surface area contributed by atoms with Crippen LogP contribution in [0, 0.1) is 11.8 Å². The first-order valence-electron chi connectivity index (χ1n) is 7.16. The third-order valence-electron chi connectivity index (χ3n) is 3.05. The van der Waals surface area contributed by atoms with Gasteiger partial charge in [-0.25, -0.2) is 0 Å². The Kier molecular flexibility index (Phi) is 7.60. The van der Waals surface area contributed by atoms with E-state index in [9.17, 15) is 0 Å². The maximum Gasteiger partial charge on any atom is 0.161 e. The van der Waals surface area contributed by atoms with Gasteiger partial charge in [-0.3, -0.25) is 0 Å². The van der Waals surface area contributed by atoms with Crippen molar-refractivity contribution in [2.45, 2.75) is 39.7 Å². The number of hydrogen-bond acceptors (Lipinski definition) is 3. The van der Waals surface area contributed by atoms with E-state index in [4.69, 9.17) is 9.47 Å². The minimum absolute atomic E-state index is 0.309. The molecule has 3 heteroatoms. The molecule has 0 aromatic heterocycles. The molecule has 0 amide bonds. The minimum Gasteiger partial charge on any atom is -0.493 e. The van der Waals surface area contributed by atoms with Gasteiger partial charge >= 0.3 is 0 Å². The SMILES string of the molecule is CC#CCCOc1ccc(C(C)NCCC)cc1OC. The van der Waals surface area contributed by atoms with Gasteiger partial charge in [0.2, 0.25) is 0 Å². The van der Waals surface area contributed by atoms with Crippen LogP contribution in [-0.2, 0) is 0 Å². The molecular formula is C17H25NO2. The molecule has 20 heavy (non-hydrogen) atoms. The first kappa shape index (κ1) is 16.4. The molecule has 0 saturated heterocycles. The number of ether oxygens (including phenoxy) is 2. The van der Waals surface area contributed by atoms with Crippen LogP contribution < -0.4 is 14.8 Å². The average molecular weight is 275 g/mol. The zero-order chi connectivity index (χ0) is 14.8. The van der Waals surface area contributed by atoms with Crippen molar-refractivity contribution in [2.75, 3.05) is 20.3 Å². The molecule has 1 aromatic carbocycles. The fourth-order valence-corrected chi connectivity index (χ4v) is 1.89. The maximum atomic E-state index is 5.70. The van der Waals surface area contributed by atoms with Crippen molar-refractivity contribution < 1.29 is 9.47 Å². The summed E-state index contributed by atoms with van der Waals surface area (Å²) in [6, 6.07) is 6.39. The lowest BCUT2D eigenvalue weighted by atomic mass is 10.1. The van der Waals surface area contributed by atoms with Gasteiger partial charge in [0, 0.05) is 12.5 Å². The fraction of sp³-hybridized carbons (Fsp3) is 0.529. The molecule has 0 fully saturated rings. The fourth-order valence-electron chi connectivity index (χ4n) is 1.89. The van der Waals surface area contributed by atoms with Gasteiger partial charge in [0.05, 0.1) is 13.7 Å². The van der Waals surface area contributed by atoms with Crippen molar-refractivity contribution in [3.05, 3.63) is 23.8 Å². The van der Waals surface area contributed by atoms with Gasteiger partial charge < -0.3 is 14.8 Å². The van der Waals surface area contributed by atoms with E-state index in [0.29, 0.717) is 12.6 Å². The van der Waals surface area contributed by atoms with Gasteiger partial charge in [-0.2, -0.15) is 0 Å². The zero-order valence-electron chi connectivity index (χ0n) is 13.0. The number of benzene rings is 1. The van der Waals surface area contributed by atoms with Crippen molar-refractivity contribution in [3.63, 3.8) is 0 Å². The van der Waals surface area contributed by atoms with Crippen LogP contribution in [-0.4, -0.2) is 20.3 Å². The zero-order valence-corrected chi connectivity index (χ0v) is 13.0. The Hall–Kier alpha value is -1.66. The molecule has 110 valence electrons. The highest BCUT2D eigenvalue weighted by molar-refractivity contribution is 5.43. The normalized spacial score (nSPS) is 11.4. The average Bonchev–Trinajstić information content (AvgIpc) is 2.49. The summed E-state index contributed by atoms with van der Waals surface area (Å²) < 4.78 is 11.1. The Morgan fingerprint density at radius 2 is 2.10 bits per heavy atom. The molecule has 0 radical (unpaired) electrons. The van der Waals surface area contributed by atoms with Crippen LogP contribution in [0.5, 0.6) is 11.5 Å². The third-order valence-corrected chi connectivity index (χ3v) is 3.05. The topological polar surface area (TPSA) is 30.5 Å². The van der Waals surface area contributed by atoms with Crippen LogP contribution in [0.2, 0.25) is 0 Å². The Balaban J connectivity index is 2.70. The predicted molar refractivity (Wildman–Crippen MR) is 83.3 cm³/mol. The van der Waals surface area contributed by atoms with E-state index in [1.807, 2.05) is 19.1 Å². The summed E-state index contributed by atoms with van der Waals surface area (Å²) in [6.45, 7) is 7.75. The monoisotopic (exact) mass is 275 g/mol. The summed E-state index contributed by atoms with van der Waals surface area (Å²) in [7, 11) is 1.67. The van der Waals surface area contributed by atoms with Crippen LogP contribution in [0.3, 0.4) is 0 Å². The second-order valence-electron chi connectivity index (χ2n) is 4.61. The van der Waals surface area contributed by atoms with Crippen LogP contribution in [0.1, 0.15) is 45.2 Å². The smallest absolute Gasteiger partial charge is 0.161 e. The highest BCUT2D eigenvalue weighted by Gasteiger charge is 2.09. The van der Waals surface area contributed by atoms with E-state index in [1.165, 1.54) is 5.56 Å². The molecule has 3 nitrogen and oxygen atoms in total. The Morgan fingerprint density at radius 1 is 1.30 bits per heavy atom. The number of rotatable bonds is 8. The summed E-state index contributed by atoms with van der Waals surface area (Å²) in [5.41, 5.74) is 1.20. The van der Waals surface area contributed by atoms with E-state index in [0.717, 1.165) is 30.9 Å². The minimum atomic E-state index is 0.309. The molecule has 1 N–H and O–H groups in total. The lowest BCUT2D eigenvalue weighted by Gasteiger charge is -2.16. The summed E-state index contributed by atoms with van der Waals surface area (Å²) >= 11 is 0. The molecule has 0 aliphatic rings. The number of hydrogen-bond donors (Lipinski definition) is 1. The van der Waals surface area contributed by atoms with E-state index in [-0.39, 0.29) is 0 Å². The molecule has 0 bridgehead atoms. The second kappa shape index (κ2) is 9.28. The third kappa shape index (κ3) is 5.14. The molecule has 1 unspecified atom stereocenters. The van der Waals surface area contributed by atoms with E-state index in [1.54, 1.807) is 7.11 Å². The summed E-state index contributed by atoms with van der Waals surface area (Å²) in [5, 5.41) is 3.46. The number of nitrogens with one attached hydrogen (secondary N) is 1. The molecule has 0 aliphatic carbocycles. The van der Waals surface area contributed by atoms with E-state index in [2.05, 4.69) is 37.1 Å². The lowest BCUT2D eigenvalue weighted by Crippen LogP contribution is -2.19. The Bertz CT molecular complexity index is 460. The quantitative estimate of drug-likeness (QED) is 0.581. The van der Waals surface area contributed by atoms with Gasteiger partial charge in [-0.1, -0.05) is 13.0 Å². The van der Waals surface area contributed by atoms with Gasteiger partial charge in [0.15, 0.2) is 11.5 Å². The first-order valence-corrected chi connectivity index (χ1v) is 7.16. The van der Waals surface area contributed by atoms with Gasteiger partial charge in [0.1, 0.15) is 0 Å². The highest BCUT2D eigenvalue weighted by atomic mass is 16.5. The lowest BCUT2D eigenvalue weighted by molar-refractivity contribution is 0.301. The predicted octanol–water partition coefficient (Wildman–Crippen LogP) is 3.55. The van der Waals surface area contributed by atoms with Crippen LogP contribution in [0.25, 0.3) is 0 Å². The molecule has 0 spiro atoms. The largest absolute Gasteiger partial charge is 0.493 e. The van der Waals surface area contributed by atoms with E-state index < -0.39 is 0 Å². The second-order valence-corrected chi connectivity index (χ2v) is 4.61. The maximum absolute atomic E-state index is 5.70. The molecule has 0 saturated carbocycles. The van der Waals surface area contributed by atoms with E-state index >= 15 is 0 Å².